The average Bonchev–Trinajstić information content (AvgIpc) is 2.98. The third-order valence-corrected chi connectivity index (χ3v) is 9.23. The van der Waals surface area contributed by atoms with Crippen molar-refractivity contribution in [2.45, 2.75) is 61.6 Å². The summed E-state index contributed by atoms with van der Waals surface area (Å²) in [7, 11) is -1.78. The molecule has 0 saturated heterocycles. The SMILES string of the molecule is CC.CC.CC.CC.c1ccc(C[P+](c2ccccc2)(c2ccccc2)c2ccccc2)cc1. The maximum Gasteiger partial charge on any atom is 0.116 e. The summed E-state index contributed by atoms with van der Waals surface area (Å²) in [4.78, 5) is 0. The summed E-state index contributed by atoms with van der Waals surface area (Å²) >= 11 is 0. The standard InChI is InChI=1S/C25H22P.4C2H6/c1-5-13-22(14-6-1)21-26(23-15-7-2-8-16-23,24-17-9-3-10-18-24)25-19-11-4-12-20-25;4*1-2/h1-20H,21H2;4*1-2H3/q+1;;;;. The van der Waals surface area contributed by atoms with E-state index < -0.39 is 7.26 Å². The van der Waals surface area contributed by atoms with Crippen molar-refractivity contribution in [2.75, 3.05) is 0 Å². The average molecular weight is 474 g/mol. The van der Waals surface area contributed by atoms with Gasteiger partial charge in [0, 0.05) is 0 Å². The van der Waals surface area contributed by atoms with Crippen molar-refractivity contribution in [1.29, 1.82) is 0 Å². The van der Waals surface area contributed by atoms with E-state index in [0.717, 1.165) is 6.16 Å². The number of hydrogen-bond donors (Lipinski definition) is 0. The van der Waals surface area contributed by atoms with Crippen LogP contribution in [0.25, 0.3) is 0 Å². The fourth-order valence-electron chi connectivity index (χ4n) is 3.63. The van der Waals surface area contributed by atoms with Crippen LogP contribution in [0.2, 0.25) is 0 Å². The minimum atomic E-state index is -1.78. The van der Waals surface area contributed by atoms with E-state index in [1.54, 1.807) is 0 Å². The molecule has 0 aliphatic rings. The minimum Gasteiger partial charge on any atom is -0.0683 e. The monoisotopic (exact) mass is 473 g/mol. The summed E-state index contributed by atoms with van der Waals surface area (Å²) in [6, 6.07) is 44.0. The minimum absolute atomic E-state index is 1.03. The Morgan fingerprint density at radius 3 is 0.853 bits per heavy atom. The van der Waals surface area contributed by atoms with Gasteiger partial charge in [0.15, 0.2) is 0 Å². The molecule has 0 aromatic heterocycles. The molecule has 0 radical (unpaired) electrons. The molecular formula is C33H46P+. The van der Waals surface area contributed by atoms with E-state index in [9.17, 15) is 0 Å². The summed E-state index contributed by atoms with van der Waals surface area (Å²) in [5.41, 5.74) is 1.39. The highest BCUT2D eigenvalue weighted by atomic mass is 31.2. The number of benzene rings is 4. The zero-order valence-corrected chi connectivity index (χ0v) is 23.6. The molecule has 0 heterocycles. The van der Waals surface area contributed by atoms with Crippen LogP contribution in [0.15, 0.2) is 121 Å². The van der Waals surface area contributed by atoms with Gasteiger partial charge in [-0.2, -0.15) is 0 Å². The second kappa shape index (κ2) is 19.7. The van der Waals surface area contributed by atoms with Gasteiger partial charge in [0.25, 0.3) is 0 Å². The van der Waals surface area contributed by atoms with Gasteiger partial charge in [0.2, 0.25) is 0 Å². The molecule has 0 saturated carbocycles. The first kappa shape index (κ1) is 31.3. The third kappa shape index (κ3) is 8.58. The van der Waals surface area contributed by atoms with Crippen LogP contribution in [0, 0.1) is 0 Å². The molecule has 0 unspecified atom stereocenters. The number of hydrogen-bond acceptors (Lipinski definition) is 0. The maximum absolute atomic E-state index is 2.30. The van der Waals surface area contributed by atoms with E-state index in [4.69, 9.17) is 0 Å². The van der Waals surface area contributed by atoms with Gasteiger partial charge in [-0.15, -0.1) is 0 Å². The highest BCUT2D eigenvalue weighted by Crippen LogP contribution is 2.58. The number of rotatable bonds is 5. The van der Waals surface area contributed by atoms with Gasteiger partial charge >= 0.3 is 0 Å². The topological polar surface area (TPSA) is 0 Å². The molecular weight excluding hydrogens is 427 g/mol. The van der Waals surface area contributed by atoms with Crippen LogP contribution in [-0.2, 0) is 6.16 Å². The molecule has 0 atom stereocenters. The molecule has 0 amide bonds. The molecule has 0 nitrogen and oxygen atoms in total. The van der Waals surface area contributed by atoms with E-state index in [0.29, 0.717) is 0 Å². The Labute approximate surface area is 211 Å². The van der Waals surface area contributed by atoms with E-state index in [-0.39, 0.29) is 0 Å². The van der Waals surface area contributed by atoms with Crippen molar-refractivity contribution in [2.24, 2.45) is 0 Å². The molecule has 1 heteroatoms. The van der Waals surface area contributed by atoms with Crippen molar-refractivity contribution in [1.82, 2.24) is 0 Å². The van der Waals surface area contributed by atoms with Gasteiger partial charge in [-0.3, -0.25) is 0 Å². The maximum atomic E-state index is 2.30. The molecule has 0 N–H and O–H groups in total. The molecule has 0 spiro atoms. The van der Waals surface area contributed by atoms with E-state index in [2.05, 4.69) is 121 Å². The Balaban J connectivity index is 0.00000124. The molecule has 182 valence electrons. The molecule has 0 aliphatic carbocycles. The lowest BCUT2D eigenvalue weighted by molar-refractivity contribution is 1.39. The van der Waals surface area contributed by atoms with Crippen molar-refractivity contribution in [3.05, 3.63) is 127 Å². The molecule has 4 aromatic rings. The predicted molar refractivity (Wildman–Crippen MR) is 161 cm³/mol. The Hall–Kier alpha value is -2.69. The second-order valence-corrected chi connectivity index (χ2v) is 9.95. The predicted octanol–water partition coefficient (Wildman–Crippen LogP) is 9.29. The molecule has 0 bridgehead atoms. The zero-order chi connectivity index (χ0) is 25.7. The molecule has 34 heavy (non-hydrogen) atoms. The van der Waals surface area contributed by atoms with Crippen LogP contribution in [-0.4, -0.2) is 0 Å². The smallest absolute Gasteiger partial charge is 0.0683 e. The van der Waals surface area contributed by atoms with Crippen molar-refractivity contribution >= 4 is 23.2 Å². The van der Waals surface area contributed by atoms with Crippen LogP contribution in [0.1, 0.15) is 61.0 Å². The van der Waals surface area contributed by atoms with Crippen LogP contribution in [0.4, 0.5) is 0 Å². The molecule has 0 aliphatic heterocycles. The van der Waals surface area contributed by atoms with Gasteiger partial charge in [0.1, 0.15) is 23.2 Å². The van der Waals surface area contributed by atoms with Gasteiger partial charge in [-0.1, -0.05) is 140 Å². The van der Waals surface area contributed by atoms with Crippen LogP contribution >= 0.6 is 7.26 Å². The first-order valence-corrected chi connectivity index (χ1v) is 15.0. The normalized spacial score (nSPS) is 9.29. The van der Waals surface area contributed by atoms with Crippen molar-refractivity contribution in [3.63, 3.8) is 0 Å². The van der Waals surface area contributed by atoms with E-state index in [1.807, 2.05) is 55.4 Å². The van der Waals surface area contributed by atoms with Gasteiger partial charge < -0.3 is 0 Å². The van der Waals surface area contributed by atoms with Gasteiger partial charge in [-0.25, -0.2) is 0 Å². The Morgan fingerprint density at radius 2 is 0.588 bits per heavy atom. The third-order valence-electron chi connectivity index (χ3n) is 4.85. The summed E-state index contributed by atoms with van der Waals surface area (Å²) < 4.78 is 0. The van der Waals surface area contributed by atoms with E-state index in [1.165, 1.54) is 21.5 Å². The summed E-state index contributed by atoms with van der Waals surface area (Å²) in [6.07, 6.45) is 1.03. The van der Waals surface area contributed by atoms with Crippen molar-refractivity contribution in [3.8, 4) is 0 Å². The highest BCUT2D eigenvalue weighted by molar-refractivity contribution is 7.95. The molecule has 4 aromatic carbocycles. The highest BCUT2D eigenvalue weighted by Gasteiger charge is 2.45. The van der Waals surface area contributed by atoms with E-state index >= 15 is 0 Å². The Morgan fingerprint density at radius 1 is 0.353 bits per heavy atom. The zero-order valence-electron chi connectivity index (χ0n) is 22.7. The summed E-state index contributed by atoms with van der Waals surface area (Å²) in [5, 5.41) is 4.30. The lowest BCUT2D eigenvalue weighted by Gasteiger charge is -2.27. The second-order valence-electron chi connectivity index (χ2n) is 6.46. The first-order chi connectivity index (χ1) is 16.9. The van der Waals surface area contributed by atoms with Crippen LogP contribution in [0.5, 0.6) is 0 Å². The molecule has 0 fully saturated rings. The fourth-order valence-corrected chi connectivity index (χ4v) is 7.87. The van der Waals surface area contributed by atoms with Crippen molar-refractivity contribution < 1.29 is 0 Å². The fraction of sp³-hybridized carbons (Fsp3) is 0.273. The van der Waals surface area contributed by atoms with Crippen LogP contribution < -0.4 is 15.9 Å². The summed E-state index contributed by atoms with van der Waals surface area (Å²) in [6.45, 7) is 16.0. The Kier molecular flexibility index (Phi) is 18.2. The quantitative estimate of drug-likeness (QED) is 0.253. The lowest BCUT2D eigenvalue weighted by atomic mass is 10.2. The lowest BCUT2D eigenvalue weighted by Crippen LogP contribution is -2.32. The van der Waals surface area contributed by atoms with Crippen LogP contribution in [0.3, 0.4) is 0 Å². The summed E-state index contributed by atoms with van der Waals surface area (Å²) in [5.74, 6) is 0. The Bertz CT molecular complexity index is 836. The first-order valence-electron chi connectivity index (χ1n) is 13.0. The largest absolute Gasteiger partial charge is 0.116 e. The van der Waals surface area contributed by atoms with Gasteiger partial charge in [0.05, 0.1) is 6.16 Å². The van der Waals surface area contributed by atoms with Gasteiger partial charge in [-0.05, 0) is 42.0 Å². The molecule has 4 rings (SSSR count).